The Morgan fingerprint density at radius 3 is 3.11 bits per heavy atom. The molecule has 0 bridgehead atoms. The average Bonchev–Trinajstić information content (AvgIpc) is 3.18. The normalized spacial score (nSPS) is 15.7. The molecule has 0 atom stereocenters. The van der Waals surface area contributed by atoms with Gasteiger partial charge in [0.15, 0.2) is 6.21 Å². The minimum atomic E-state index is 0.721. The topological polar surface area (TPSA) is 89.5 Å². The fourth-order valence-electron chi connectivity index (χ4n) is 2.04. The van der Waals surface area contributed by atoms with E-state index in [1.807, 2.05) is 12.3 Å². The van der Waals surface area contributed by atoms with Gasteiger partial charge in [-0.3, -0.25) is 5.41 Å². The summed E-state index contributed by atoms with van der Waals surface area (Å²) in [6, 6.07) is 1.98. The minimum absolute atomic E-state index is 0.721. The molecule has 0 amide bonds. The lowest BCUT2D eigenvalue weighted by molar-refractivity contribution is -0.103. The standard InChI is InChI=1S/C14H16N4O/c15-4-10(5-16)13-7-18-14-12(13)3-11(6-17-14)19-8-9-1-2-9/h3-7,9,15H,1-2,8,16H2,(H,17,18)/p+1. The molecule has 5 heteroatoms. The van der Waals surface area contributed by atoms with Gasteiger partial charge in [0.25, 0.3) is 0 Å². The van der Waals surface area contributed by atoms with Gasteiger partial charge in [-0.05, 0) is 24.8 Å². The Balaban J connectivity index is 1.94. The molecule has 2 heterocycles. The predicted molar refractivity (Wildman–Crippen MR) is 74.5 cm³/mol. The van der Waals surface area contributed by atoms with E-state index >= 15 is 0 Å². The molecule has 3 rings (SSSR count). The number of rotatable bonds is 5. The van der Waals surface area contributed by atoms with Gasteiger partial charge in [0.05, 0.1) is 18.4 Å². The summed E-state index contributed by atoms with van der Waals surface area (Å²) in [6.07, 6.45) is 9.11. The molecule has 0 aliphatic heterocycles. The van der Waals surface area contributed by atoms with Gasteiger partial charge in [-0.1, -0.05) is 0 Å². The highest BCUT2D eigenvalue weighted by Gasteiger charge is 2.22. The first-order valence-corrected chi connectivity index (χ1v) is 6.39. The number of H-pyrrole nitrogens is 1. The van der Waals surface area contributed by atoms with Crippen molar-refractivity contribution in [3.63, 3.8) is 0 Å². The van der Waals surface area contributed by atoms with E-state index in [1.165, 1.54) is 25.3 Å². The van der Waals surface area contributed by atoms with Crippen LogP contribution in [-0.4, -0.2) is 22.8 Å². The van der Waals surface area contributed by atoms with E-state index in [4.69, 9.17) is 15.9 Å². The highest BCUT2D eigenvalue weighted by Crippen LogP contribution is 2.30. The zero-order valence-corrected chi connectivity index (χ0v) is 10.6. The van der Waals surface area contributed by atoms with E-state index in [-0.39, 0.29) is 0 Å². The van der Waals surface area contributed by atoms with Crippen LogP contribution in [0.3, 0.4) is 0 Å². The molecule has 5 N–H and O–H groups in total. The fourth-order valence-corrected chi connectivity index (χ4v) is 2.04. The molecule has 0 aromatic carbocycles. The Labute approximate surface area is 111 Å². The third-order valence-corrected chi connectivity index (χ3v) is 3.36. The molecule has 0 saturated heterocycles. The summed E-state index contributed by atoms with van der Waals surface area (Å²) in [6.45, 7) is 0.773. The van der Waals surface area contributed by atoms with Crippen molar-refractivity contribution >= 4 is 22.8 Å². The third-order valence-electron chi connectivity index (χ3n) is 3.36. The first-order chi connectivity index (χ1) is 9.31. The lowest BCUT2D eigenvalue weighted by atomic mass is 10.1. The quantitative estimate of drug-likeness (QED) is 0.681. The van der Waals surface area contributed by atoms with Crippen molar-refractivity contribution in [1.82, 2.24) is 9.97 Å². The van der Waals surface area contributed by atoms with Gasteiger partial charge in [-0.15, -0.1) is 0 Å². The molecule has 1 aliphatic carbocycles. The Morgan fingerprint density at radius 2 is 2.42 bits per heavy atom. The minimum Gasteiger partial charge on any atom is -0.492 e. The smallest absolute Gasteiger partial charge is 0.169 e. The van der Waals surface area contributed by atoms with Gasteiger partial charge in [0.2, 0.25) is 0 Å². The van der Waals surface area contributed by atoms with Gasteiger partial charge in [-0.25, -0.2) is 4.98 Å². The van der Waals surface area contributed by atoms with Crippen LogP contribution in [0.1, 0.15) is 18.4 Å². The summed E-state index contributed by atoms with van der Waals surface area (Å²) in [5.41, 5.74) is 8.08. The van der Waals surface area contributed by atoms with Gasteiger partial charge in [-0.2, -0.15) is 0 Å². The summed E-state index contributed by atoms with van der Waals surface area (Å²) in [7, 11) is 0. The SMILES string of the molecule is NC=C(C=[NH2+])c1c[nH]c2ncc(OCC3CC3)cc12. The number of aromatic nitrogens is 2. The first kappa shape index (κ1) is 11.8. The Kier molecular flexibility index (Phi) is 2.95. The van der Waals surface area contributed by atoms with E-state index in [1.54, 1.807) is 6.20 Å². The molecule has 1 saturated carbocycles. The zero-order valence-electron chi connectivity index (χ0n) is 10.6. The molecule has 1 aliphatic rings. The van der Waals surface area contributed by atoms with Gasteiger partial charge < -0.3 is 15.5 Å². The number of fused-ring (bicyclic) bond motifs is 1. The van der Waals surface area contributed by atoms with Gasteiger partial charge in [0, 0.05) is 23.3 Å². The number of hydrogen-bond acceptors (Lipinski definition) is 3. The molecular formula is C14H17N4O+. The van der Waals surface area contributed by atoms with Gasteiger partial charge in [0.1, 0.15) is 11.4 Å². The van der Waals surface area contributed by atoms with Crippen LogP contribution < -0.4 is 15.9 Å². The van der Waals surface area contributed by atoms with Crippen LogP contribution in [0.25, 0.3) is 16.6 Å². The van der Waals surface area contributed by atoms with Crippen molar-refractivity contribution in [2.75, 3.05) is 6.61 Å². The molecule has 2 aromatic heterocycles. The van der Waals surface area contributed by atoms with E-state index in [2.05, 4.69) is 9.97 Å². The monoisotopic (exact) mass is 257 g/mol. The summed E-state index contributed by atoms with van der Waals surface area (Å²) in [4.78, 5) is 7.45. The molecule has 2 aromatic rings. The van der Waals surface area contributed by atoms with Crippen molar-refractivity contribution < 1.29 is 10.1 Å². The Bertz CT molecular complexity index is 640. The largest absolute Gasteiger partial charge is 0.492 e. The Hall–Kier alpha value is -2.30. The maximum atomic E-state index is 5.74. The number of hydrogen-bond donors (Lipinski definition) is 3. The van der Waals surface area contributed by atoms with E-state index in [0.717, 1.165) is 40.4 Å². The molecular weight excluding hydrogens is 240 g/mol. The number of nitrogens with one attached hydrogen (secondary N) is 1. The molecule has 1 fully saturated rings. The number of allylic oxidation sites excluding steroid dienone is 1. The molecule has 19 heavy (non-hydrogen) atoms. The summed E-state index contributed by atoms with van der Waals surface area (Å²) < 4.78 is 5.74. The number of nitrogens with two attached hydrogens (primary N) is 2. The van der Waals surface area contributed by atoms with Crippen molar-refractivity contribution in [2.24, 2.45) is 11.7 Å². The summed E-state index contributed by atoms with van der Waals surface area (Å²) in [5.74, 6) is 1.51. The van der Waals surface area contributed by atoms with E-state index < -0.39 is 0 Å². The van der Waals surface area contributed by atoms with Gasteiger partial charge >= 0.3 is 0 Å². The number of aromatic amines is 1. The van der Waals surface area contributed by atoms with Crippen molar-refractivity contribution in [1.29, 1.82) is 0 Å². The molecule has 98 valence electrons. The van der Waals surface area contributed by atoms with Crippen LogP contribution in [0.15, 0.2) is 24.7 Å². The number of ether oxygens (including phenoxy) is 1. The summed E-state index contributed by atoms with van der Waals surface area (Å²) >= 11 is 0. The highest BCUT2D eigenvalue weighted by atomic mass is 16.5. The maximum absolute atomic E-state index is 5.74. The second-order valence-corrected chi connectivity index (χ2v) is 4.81. The Morgan fingerprint density at radius 1 is 1.58 bits per heavy atom. The van der Waals surface area contributed by atoms with Crippen LogP contribution in [-0.2, 0) is 0 Å². The molecule has 5 nitrogen and oxygen atoms in total. The number of nitrogens with zero attached hydrogens (tertiary/aromatic N) is 1. The van der Waals surface area contributed by atoms with E-state index in [9.17, 15) is 0 Å². The molecule has 0 spiro atoms. The van der Waals surface area contributed by atoms with Crippen LogP contribution in [0.4, 0.5) is 0 Å². The van der Waals surface area contributed by atoms with Crippen LogP contribution in [0.5, 0.6) is 5.75 Å². The summed E-state index contributed by atoms with van der Waals surface area (Å²) in [5, 5.41) is 6.54. The number of pyridine rings is 1. The third kappa shape index (κ3) is 2.31. The van der Waals surface area contributed by atoms with Crippen molar-refractivity contribution in [3.05, 3.63) is 30.2 Å². The zero-order chi connectivity index (χ0) is 13.2. The van der Waals surface area contributed by atoms with E-state index in [0.29, 0.717) is 0 Å². The average molecular weight is 257 g/mol. The predicted octanol–water partition coefficient (Wildman–Crippen LogP) is 0.481. The van der Waals surface area contributed by atoms with Crippen LogP contribution in [0, 0.1) is 5.92 Å². The van der Waals surface area contributed by atoms with Crippen molar-refractivity contribution in [2.45, 2.75) is 12.8 Å². The fraction of sp³-hybridized carbons (Fsp3) is 0.286. The van der Waals surface area contributed by atoms with Crippen molar-refractivity contribution in [3.8, 4) is 5.75 Å². The second-order valence-electron chi connectivity index (χ2n) is 4.81. The maximum Gasteiger partial charge on any atom is 0.169 e. The lowest BCUT2D eigenvalue weighted by Gasteiger charge is -2.05. The van der Waals surface area contributed by atoms with Crippen LogP contribution in [0.2, 0.25) is 0 Å². The molecule has 0 radical (unpaired) electrons. The second kappa shape index (κ2) is 4.76. The van der Waals surface area contributed by atoms with Crippen LogP contribution >= 0.6 is 0 Å². The highest BCUT2D eigenvalue weighted by molar-refractivity contribution is 6.12. The first-order valence-electron chi connectivity index (χ1n) is 6.39. The molecule has 0 unspecified atom stereocenters. The lowest BCUT2D eigenvalue weighted by Crippen LogP contribution is -2.30.